The molecule has 0 aromatic heterocycles. The molecule has 1 aliphatic rings. The molecule has 0 saturated carbocycles. The van der Waals surface area contributed by atoms with E-state index in [1.54, 1.807) is 12.1 Å². The van der Waals surface area contributed by atoms with Crippen molar-refractivity contribution in [3.8, 4) is 0 Å². The summed E-state index contributed by atoms with van der Waals surface area (Å²) in [6.45, 7) is 4.46. The van der Waals surface area contributed by atoms with Crippen LogP contribution in [0.5, 0.6) is 0 Å². The normalized spacial score (nSPS) is 18.1. The van der Waals surface area contributed by atoms with Crippen LogP contribution in [0.25, 0.3) is 0 Å². The third-order valence-corrected chi connectivity index (χ3v) is 5.59. The van der Waals surface area contributed by atoms with Crippen LogP contribution in [0, 0.1) is 11.7 Å². The summed E-state index contributed by atoms with van der Waals surface area (Å²) in [6, 6.07) is 5.74. The van der Waals surface area contributed by atoms with Crippen molar-refractivity contribution in [3.63, 3.8) is 0 Å². The Hall–Kier alpha value is -1.69. The highest BCUT2D eigenvalue weighted by atomic mass is 19.1. The number of piperidine rings is 1. The number of carbonyl (C=O) groups excluding carboxylic acids is 1. The van der Waals surface area contributed by atoms with Crippen molar-refractivity contribution in [2.24, 2.45) is 5.92 Å². The second-order valence-corrected chi connectivity index (χ2v) is 7.66. The summed E-state index contributed by atoms with van der Waals surface area (Å²) in [6.07, 6.45) is 5.02. The highest BCUT2D eigenvalue weighted by Crippen LogP contribution is 2.35. The van der Waals surface area contributed by atoms with Gasteiger partial charge in [0.05, 0.1) is 7.85 Å². The molecule has 1 aromatic carbocycles. The number of aliphatic carboxylic acids is 1. The number of carboxylic acids is 1. The number of ketones is 1. The summed E-state index contributed by atoms with van der Waals surface area (Å²) in [4.78, 5) is 26.3. The molecule has 1 aliphatic heterocycles. The van der Waals surface area contributed by atoms with Crippen LogP contribution < -0.4 is 0 Å². The summed E-state index contributed by atoms with van der Waals surface area (Å²) >= 11 is 0. The van der Waals surface area contributed by atoms with E-state index in [-0.39, 0.29) is 17.5 Å². The smallest absolute Gasteiger partial charge is 0.300 e. The lowest BCUT2D eigenvalue weighted by molar-refractivity contribution is -0.141. The maximum atomic E-state index is 13.0. The maximum Gasteiger partial charge on any atom is 0.300 e. The van der Waals surface area contributed by atoms with Crippen LogP contribution >= 0.6 is 0 Å². The Morgan fingerprint density at radius 1 is 1.19 bits per heavy atom. The molecular formula is C21H29BFNO3. The standard InChI is InChI=1S/C21H29BFNO3/c1-2-3-11-21(22,20(26)27)12-4-13-24-14-9-17(10-15-24)19(25)16-5-7-18(23)8-6-16/h5-8,17H,2-4,9-15H2,1H3,(H,26,27). The van der Waals surface area contributed by atoms with Crippen molar-refractivity contribution in [2.75, 3.05) is 19.6 Å². The van der Waals surface area contributed by atoms with Crippen molar-refractivity contribution in [1.29, 1.82) is 0 Å². The van der Waals surface area contributed by atoms with Crippen molar-refractivity contribution in [3.05, 3.63) is 35.6 Å². The fraction of sp³-hybridized carbons (Fsp3) is 0.619. The molecule has 146 valence electrons. The van der Waals surface area contributed by atoms with Gasteiger partial charge in [0.25, 0.3) is 0 Å². The zero-order chi connectivity index (χ0) is 19.9. The number of hydrogen-bond acceptors (Lipinski definition) is 3. The highest BCUT2D eigenvalue weighted by molar-refractivity contribution is 6.26. The van der Waals surface area contributed by atoms with E-state index in [4.69, 9.17) is 7.85 Å². The number of halogens is 1. The van der Waals surface area contributed by atoms with Gasteiger partial charge in [-0.05, 0) is 76.0 Å². The Morgan fingerprint density at radius 3 is 2.33 bits per heavy atom. The lowest BCUT2D eigenvalue weighted by atomic mass is 9.63. The highest BCUT2D eigenvalue weighted by Gasteiger charge is 2.32. The predicted molar refractivity (Wildman–Crippen MR) is 105 cm³/mol. The second kappa shape index (κ2) is 10.0. The van der Waals surface area contributed by atoms with Gasteiger partial charge in [-0.2, -0.15) is 0 Å². The molecule has 0 spiro atoms. The third kappa shape index (κ3) is 6.17. The van der Waals surface area contributed by atoms with E-state index in [0.717, 1.165) is 51.7 Å². The molecule has 2 radical (unpaired) electrons. The van der Waals surface area contributed by atoms with Gasteiger partial charge in [0, 0.05) is 16.8 Å². The zero-order valence-electron chi connectivity index (χ0n) is 16.1. The van der Waals surface area contributed by atoms with E-state index in [9.17, 15) is 19.1 Å². The van der Waals surface area contributed by atoms with Crippen LogP contribution in [0.3, 0.4) is 0 Å². The van der Waals surface area contributed by atoms with Gasteiger partial charge < -0.3 is 10.0 Å². The first-order chi connectivity index (χ1) is 12.9. The Kier molecular flexibility index (Phi) is 8.02. The number of likely N-dealkylation sites (tertiary alicyclic amines) is 1. The largest absolute Gasteiger partial charge is 0.481 e. The van der Waals surface area contributed by atoms with Crippen LogP contribution in [0.1, 0.15) is 62.2 Å². The number of benzene rings is 1. The van der Waals surface area contributed by atoms with E-state index >= 15 is 0 Å². The van der Waals surface area contributed by atoms with Crippen LogP contribution in [0.4, 0.5) is 4.39 Å². The maximum absolute atomic E-state index is 13.0. The van der Waals surface area contributed by atoms with Gasteiger partial charge in [-0.3, -0.25) is 9.59 Å². The summed E-state index contributed by atoms with van der Waals surface area (Å²) in [7, 11) is 6.09. The number of rotatable bonds is 10. The molecule has 0 amide bonds. The molecule has 1 unspecified atom stereocenters. The average Bonchev–Trinajstić information content (AvgIpc) is 2.67. The molecule has 1 saturated heterocycles. The quantitative estimate of drug-likeness (QED) is 0.496. The van der Waals surface area contributed by atoms with Crippen molar-refractivity contribution in [2.45, 2.75) is 57.2 Å². The molecular weight excluding hydrogens is 344 g/mol. The molecule has 1 aromatic rings. The average molecular weight is 373 g/mol. The van der Waals surface area contributed by atoms with Gasteiger partial charge in [0.2, 0.25) is 0 Å². The number of hydrogen-bond donors (Lipinski definition) is 1. The number of carboxylic acid groups (broad SMARTS) is 1. The minimum atomic E-state index is -1.13. The first-order valence-corrected chi connectivity index (χ1v) is 9.90. The lowest BCUT2D eigenvalue weighted by Gasteiger charge is -2.32. The summed E-state index contributed by atoms with van der Waals surface area (Å²) < 4.78 is 13.0. The number of unbranched alkanes of at least 4 members (excludes halogenated alkanes) is 1. The van der Waals surface area contributed by atoms with E-state index in [0.29, 0.717) is 18.4 Å². The van der Waals surface area contributed by atoms with Crippen molar-refractivity contribution < 1.29 is 19.1 Å². The van der Waals surface area contributed by atoms with Gasteiger partial charge in [0.1, 0.15) is 5.82 Å². The van der Waals surface area contributed by atoms with Crippen molar-refractivity contribution >= 4 is 19.6 Å². The van der Waals surface area contributed by atoms with Crippen LogP contribution in [-0.4, -0.2) is 49.2 Å². The van der Waals surface area contributed by atoms with E-state index in [2.05, 4.69) is 4.90 Å². The van der Waals surface area contributed by atoms with E-state index < -0.39 is 11.3 Å². The molecule has 2 rings (SSSR count). The van der Waals surface area contributed by atoms with Gasteiger partial charge in [0.15, 0.2) is 5.78 Å². The van der Waals surface area contributed by atoms with Gasteiger partial charge in [-0.25, -0.2) is 4.39 Å². The molecule has 0 aliphatic carbocycles. The zero-order valence-corrected chi connectivity index (χ0v) is 16.1. The molecule has 1 N–H and O–H groups in total. The minimum absolute atomic E-state index is 0.0242. The SMILES string of the molecule is [B]C(CCCC)(CCCN1CCC(C(=O)c2ccc(F)cc2)CC1)C(=O)O. The molecule has 1 atom stereocenters. The van der Waals surface area contributed by atoms with Crippen molar-refractivity contribution in [1.82, 2.24) is 4.90 Å². The molecule has 27 heavy (non-hydrogen) atoms. The van der Waals surface area contributed by atoms with Crippen LogP contribution in [0.15, 0.2) is 24.3 Å². The fourth-order valence-corrected chi connectivity index (χ4v) is 3.72. The topological polar surface area (TPSA) is 57.6 Å². The molecule has 0 bridgehead atoms. The summed E-state index contributed by atoms with van der Waals surface area (Å²) in [5, 5.41) is 8.29. The molecule has 1 heterocycles. The summed E-state index contributed by atoms with van der Waals surface area (Å²) in [5.41, 5.74) is 0.570. The van der Waals surface area contributed by atoms with Gasteiger partial charge >= 0.3 is 5.97 Å². The van der Waals surface area contributed by atoms with E-state index in [1.165, 1.54) is 12.1 Å². The molecule has 6 heteroatoms. The Morgan fingerprint density at radius 2 is 1.78 bits per heavy atom. The fourth-order valence-electron chi connectivity index (χ4n) is 3.72. The van der Waals surface area contributed by atoms with Crippen LogP contribution in [0.2, 0.25) is 5.31 Å². The monoisotopic (exact) mass is 373 g/mol. The predicted octanol–water partition coefficient (Wildman–Crippen LogP) is 4.10. The molecule has 4 nitrogen and oxygen atoms in total. The Labute approximate surface area is 162 Å². The Bertz CT molecular complexity index is 629. The summed E-state index contributed by atoms with van der Waals surface area (Å²) in [5.74, 6) is -1.19. The first-order valence-electron chi connectivity index (χ1n) is 9.90. The van der Waals surface area contributed by atoms with Gasteiger partial charge in [-0.1, -0.05) is 19.8 Å². The number of carbonyl (C=O) groups is 2. The number of nitrogens with zero attached hydrogens (tertiary/aromatic N) is 1. The minimum Gasteiger partial charge on any atom is -0.481 e. The van der Waals surface area contributed by atoms with E-state index in [1.807, 2.05) is 6.92 Å². The van der Waals surface area contributed by atoms with Gasteiger partial charge in [-0.15, -0.1) is 0 Å². The Balaban J connectivity index is 1.76. The van der Waals surface area contributed by atoms with Crippen LogP contribution in [-0.2, 0) is 4.79 Å². The third-order valence-electron chi connectivity index (χ3n) is 5.59. The lowest BCUT2D eigenvalue weighted by Crippen LogP contribution is -2.37. The molecule has 1 fully saturated rings. The second-order valence-electron chi connectivity index (χ2n) is 7.66. The number of Topliss-reactive ketones (excluding diaryl/α,β-unsaturated/α-hetero) is 1. The first kappa shape index (κ1) is 21.6.